The van der Waals surface area contributed by atoms with Crippen LogP contribution >= 0.6 is 11.6 Å². The maximum Gasteiger partial charge on any atom is 0.307 e. The van der Waals surface area contributed by atoms with Crippen molar-refractivity contribution in [2.75, 3.05) is 12.4 Å². The summed E-state index contributed by atoms with van der Waals surface area (Å²) in [6, 6.07) is 0. The minimum atomic E-state index is -0.593. The molecule has 1 saturated carbocycles. The molecule has 0 bridgehead atoms. The molecular formula is C15H22ClNO4. The van der Waals surface area contributed by atoms with Crippen LogP contribution in [0.15, 0.2) is 11.6 Å². The van der Waals surface area contributed by atoms with Crippen LogP contribution in [0.3, 0.4) is 0 Å². The first-order valence-corrected chi connectivity index (χ1v) is 7.78. The Labute approximate surface area is 129 Å². The molecule has 0 unspecified atom stereocenters. The molecule has 21 heavy (non-hydrogen) atoms. The molecular weight excluding hydrogens is 294 g/mol. The van der Waals surface area contributed by atoms with E-state index >= 15 is 0 Å². The Balaban J connectivity index is 2.11. The molecule has 1 fully saturated rings. The van der Waals surface area contributed by atoms with Gasteiger partial charge >= 0.3 is 5.97 Å². The van der Waals surface area contributed by atoms with Gasteiger partial charge in [0.2, 0.25) is 6.54 Å². The Morgan fingerprint density at radius 3 is 2.76 bits per heavy atom. The predicted octanol–water partition coefficient (Wildman–Crippen LogP) is 3.19. The summed E-state index contributed by atoms with van der Waals surface area (Å²) in [7, 11) is 0. The highest BCUT2D eigenvalue weighted by Crippen LogP contribution is 2.60. The van der Waals surface area contributed by atoms with Gasteiger partial charge in [0.25, 0.3) is 0 Å². The number of carbonyl (C=O) groups excluding carboxylic acids is 1. The van der Waals surface area contributed by atoms with Crippen molar-refractivity contribution in [1.82, 2.24) is 0 Å². The smallest absolute Gasteiger partial charge is 0.307 e. The van der Waals surface area contributed by atoms with Crippen LogP contribution in [0.4, 0.5) is 0 Å². The van der Waals surface area contributed by atoms with Crippen molar-refractivity contribution in [3.05, 3.63) is 21.8 Å². The van der Waals surface area contributed by atoms with Gasteiger partial charge in [-0.25, -0.2) is 0 Å². The fourth-order valence-electron chi connectivity index (χ4n) is 3.73. The highest BCUT2D eigenvalue weighted by Gasteiger charge is 2.59. The number of nitrogens with zero attached hydrogens (tertiary/aromatic N) is 1. The summed E-state index contributed by atoms with van der Waals surface area (Å²) >= 11 is 5.86. The molecule has 0 aliphatic heterocycles. The van der Waals surface area contributed by atoms with Crippen LogP contribution in [0.2, 0.25) is 0 Å². The van der Waals surface area contributed by atoms with Gasteiger partial charge in [-0.15, -0.1) is 11.6 Å². The SMILES string of the molecule is CC(C)(C)OC(=O)C[C@]1(C[N+](=O)[O-])C[C@@H]2CC(CCl)=C[C@@H]21. The van der Waals surface area contributed by atoms with Crippen molar-refractivity contribution in [2.45, 2.75) is 45.6 Å². The van der Waals surface area contributed by atoms with Crippen LogP contribution in [-0.4, -0.2) is 28.9 Å². The molecule has 0 radical (unpaired) electrons. The number of nitro groups is 1. The standard InChI is InChI=1S/C15H22ClNO4/c1-14(2,3)21-13(18)7-15(9-17(19)20)6-11-4-10(8-16)5-12(11)15/h5,11-12H,4,6-9H2,1-3H3/t11-,12-,15-/m0/s1. The number of hydrogen-bond donors (Lipinski definition) is 0. The number of halogens is 1. The van der Waals surface area contributed by atoms with Gasteiger partial charge in [0.15, 0.2) is 0 Å². The van der Waals surface area contributed by atoms with Gasteiger partial charge < -0.3 is 4.74 Å². The molecule has 3 atom stereocenters. The van der Waals surface area contributed by atoms with Crippen molar-refractivity contribution < 1.29 is 14.5 Å². The van der Waals surface area contributed by atoms with Crippen molar-refractivity contribution in [1.29, 1.82) is 0 Å². The fourth-order valence-corrected chi connectivity index (χ4v) is 3.93. The van der Waals surface area contributed by atoms with E-state index in [0.29, 0.717) is 18.2 Å². The molecule has 5 nitrogen and oxygen atoms in total. The Kier molecular flexibility index (Phi) is 4.34. The lowest BCUT2D eigenvalue weighted by atomic mass is 9.53. The second kappa shape index (κ2) is 5.59. The summed E-state index contributed by atoms with van der Waals surface area (Å²) in [5, 5.41) is 11.0. The van der Waals surface area contributed by atoms with E-state index in [4.69, 9.17) is 16.3 Å². The molecule has 2 rings (SSSR count). The number of rotatable bonds is 5. The minimum Gasteiger partial charge on any atom is -0.460 e. The number of allylic oxidation sites excluding steroid dienone is 2. The summed E-state index contributed by atoms with van der Waals surface area (Å²) < 4.78 is 5.34. The van der Waals surface area contributed by atoms with E-state index < -0.39 is 11.0 Å². The van der Waals surface area contributed by atoms with Crippen molar-refractivity contribution in [3.8, 4) is 0 Å². The molecule has 118 valence electrons. The van der Waals surface area contributed by atoms with Crippen LogP contribution in [0.25, 0.3) is 0 Å². The van der Waals surface area contributed by atoms with Gasteiger partial charge in [-0.2, -0.15) is 0 Å². The highest BCUT2D eigenvalue weighted by molar-refractivity contribution is 6.19. The third-order valence-electron chi connectivity index (χ3n) is 4.36. The number of alkyl halides is 1. The minimum absolute atomic E-state index is 0.0872. The quantitative estimate of drug-likeness (QED) is 0.257. The fraction of sp³-hybridized carbons (Fsp3) is 0.800. The molecule has 6 heteroatoms. The van der Waals surface area contributed by atoms with Crippen LogP contribution in [-0.2, 0) is 9.53 Å². The average Bonchev–Trinajstić information content (AvgIpc) is 2.63. The number of esters is 1. The summed E-state index contributed by atoms with van der Waals surface area (Å²) in [5.41, 5.74) is -0.0197. The monoisotopic (exact) mass is 315 g/mol. The Morgan fingerprint density at radius 1 is 1.57 bits per heavy atom. The summed E-state index contributed by atoms with van der Waals surface area (Å²) in [6.07, 6.45) is 3.77. The summed E-state index contributed by atoms with van der Waals surface area (Å²) in [4.78, 5) is 22.8. The van der Waals surface area contributed by atoms with E-state index in [2.05, 4.69) is 6.08 Å². The summed E-state index contributed by atoms with van der Waals surface area (Å²) in [5.74, 6) is 0.606. The number of hydrogen-bond acceptors (Lipinski definition) is 4. The molecule has 0 saturated heterocycles. The molecule has 0 aromatic rings. The van der Waals surface area contributed by atoms with Gasteiger partial charge in [-0.3, -0.25) is 14.9 Å². The van der Waals surface area contributed by atoms with Gasteiger partial charge in [0.1, 0.15) is 5.60 Å². The number of carbonyl (C=O) groups is 1. The first-order valence-electron chi connectivity index (χ1n) is 7.24. The first kappa shape index (κ1) is 16.3. The van der Waals surface area contributed by atoms with Gasteiger partial charge in [-0.1, -0.05) is 11.6 Å². The second-order valence-corrected chi connectivity index (χ2v) is 7.54. The van der Waals surface area contributed by atoms with Crippen molar-refractivity contribution in [3.63, 3.8) is 0 Å². The molecule has 0 aromatic carbocycles. The van der Waals surface area contributed by atoms with Gasteiger partial charge in [0.05, 0.1) is 11.8 Å². The zero-order valence-electron chi connectivity index (χ0n) is 12.7. The van der Waals surface area contributed by atoms with Crippen LogP contribution in [0.5, 0.6) is 0 Å². The molecule has 0 aromatic heterocycles. The molecule has 0 amide bonds. The van der Waals surface area contributed by atoms with Crippen LogP contribution < -0.4 is 0 Å². The Hall–Kier alpha value is -1.10. The first-order chi connectivity index (χ1) is 9.65. The lowest BCUT2D eigenvalue weighted by molar-refractivity contribution is -0.506. The van der Waals surface area contributed by atoms with Crippen LogP contribution in [0.1, 0.15) is 40.0 Å². The molecule has 2 aliphatic rings. The number of fused-ring (bicyclic) bond motifs is 1. The Morgan fingerprint density at radius 2 is 2.24 bits per heavy atom. The third-order valence-corrected chi connectivity index (χ3v) is 4.70. The lowest BCUT2D eigenvalue weighted by Crippen LogP contribution is -2.51. The maximum atomic E-state index is 12.1. The summed E-state index contributed by atoms with van der Waals surface area (Å²) in [6.45, 7) is 5.22. The van der Waals surface area contributed by atoms with Gasteiger partial charge in [0, 0.05) is 10.8 Å². The third kappa shape index (κ3) is 3.57. The predicted molar refractivity (Wildman–Crippen MR) is 79.8 cm³/mol. The number of ether oxygens (including phenoxy) is 1. The topological polar surface area (TPSA) is 69.4 Å². The average molecular weight is 316 g/mol. The van der Waals surface area contributed by atoms with Crippen molar-refractivity contribution in [2.24, 2.45) is 17.3 Å². The maximum absolute atomic E-state index is 12.1. The second-order valence-electron chi connectivity index (χ2n) is 7.27. The molecule has 0 heterocycles. The van der Waals surface area contributed by atoms with Crippen LogP contribution in [0, 0.1) is 27.4 Å². The van der Waals surface area contributed by atoms with E-state index in [-0.39, 0.29) is 29.8 Å². The normalized spacial score (nSPS) is 31.1. The van der Waals surface area contributed by atoms with E-state index in [0.717, 1.165) is 12.0 Å². The molecule has 2 aliphatic carbocycles. The molecule has 0 N–H and O–H groups in total. The van der Waals surface area contributed by atoms with Gasteiger partial charge in [-0.05, 0) is 45.4 Å². The van der Waals surface area contributed by atoms with Crippen molar-refractivity contribution >= 4 is 17.6 Å². The lowest BCUT2D eigenvalue weighted by Gasteiger charge is -2.49. The Bertz CT molecular complexity index is 483. The zero-order valence-corrected chi connectivity index (χ0v) is 13.5. The van der Waals surface area contributed by atoms with E-state index in [1.54, 1.807) is 20.8 Å². The largest absolute Gasteiger partial charge is 0.460 e. The van der Waals surface area contributed by atoms with E-state index in [9.17, 15) is 14.9 Å². The highest BCUT2D eigenvalue weighted by atomic mass is 35.5. The van der Waals surface area contributed by atoms with E-state index in [1.165, 1.54) is 0 Å². The molecule has 0 spiro atoms. The zero-order chi connectivity index (χ0) is 15.8. The van der Waals surface area contributed by atoms with E-state index in [1.807, 2.05) is 0 Å².